The van der Waals surface area contributed by atoms with Crippen LogP contribution in [0.1, 0.15) is 32.6 Å². The van der Waals surface area contributed by atoms with Gasteiger partial charge in [0.15, 0.2) is 0 Å². The number of aliphatic hydroxyl groups excluding tert-OH is 1. The Balaban J connectivity index is 2.38. The molecule has 1 fully saturated rings. The van der Waals surface area contributed by atoms with E-state index in [1.54, 1.807) is 11.9 Å². The molecule has 0 saturated heterocycles. The lowest BCUT2D eigenvalue weighted by Gasteiger charge is -2.29. The van der Waals surface area contributed by atoms with Gasteiger partial charge in [-0.2, -0.15) is 0 Å². The summed E-state index contributed by atoms with van der Waals surface area (Å²) < 4.78 is 0. The Morgan fingerprint density at radius 2 is 2.14 bits per heavy atom. The van der Waals surface area contributed by atoms with Crippen LogP contribution in [0.2, 0.25) is 0 Å². The largest absolute Gasteiger partial charge is 0.391 e. The predicted octanol–water partition coefficient (Wildman–Crippen LogP) is 0.951. The highest BCUT2D eigenvalue weighted by molar-refractivity contribution is 5.74. The number of nitrogens with one attached hydrogen (secondary N) is 1. The smallest absolute Gasteiger partial charge is 0.317 e. The number of nitrogens with zero attached hydrogens (tertiary/aromatic N) is 1. The van der Waals surface area contributed by atoms with E-state index in [1.807, 2.05) is 6.92 Å². The SMILES string of the molecule is CCN(C)C(=O)N[C@@H]1CCCC[C@H]1O. The summed E-state index contributed by atoms with van der Waals surface area (Å²) in [6, 6.07) is -0.135. The van der Waals surface area contributed by atoms with Gasteiger partial charge in [0.25, 0.3) is 0 Å². The monoisotopic (exact) mass is 200 g/mol. The standard InChI is InChI=1S/C10H20N2O2/c1-3-12(2)10(14)11-8-6-4-5-7-9(8)13/h8-9,13H,3-7H2,1-2H3,(H,11,14)/t8-,9-/m1/s1. The fourth-order valence-electron chi connectivity index (χ4n) is 1.69. The maximum Gasteiger partial charge on any atom is 0.317 e. The topological polar surface area (TPSA) is 52.6 Å². The lowest BCUT2D eigenvalue weighted by molar-refractivity contribution is 0.0911. The molecule has 2 amide bonds. The second-order valence-corrected chi connectivity index (χ2v) is 3.92. The third-order valence-corrected chi connectivity index (χ3v) is 2.86. The summed E-state index contributed by atoms with van der Waals surface area (Å²) in [5, 5.41) is 12.5. The molecule has 0 bridgehead atoms. The molecule has 1 rings (SSSR count). The third-order valence-electron chi connectivity index (χ3n) is 2.86. The molecular formula is C10H20N2O2. The molecule has 4 nitrogen and oxygen atoms in total. The molecule has 1 aliphatic carbocycles. The van der Waals surface area contributed by atoms with Crippen molar-refractivity contribution in [1.29, 1.82) is 0 Å². The maximum absolute atomic E-state index is 11.5. The lowest BCUT2D eigenvalue weighted by Crippen LogP contribution is -2.49. The van der Waals surface area contributed by atoms with Crippen molar-refractivity contribution in [3.05, 3.63) is 0 Å². The highest BCUT2D eigenvalue weighted by Crippen LogP contribution is 2.18. The van der Waals surface area contributed by atoms with Gasteiger partial charge in [-0.05, 0) is 19.8 Å². The summed E-state index contributed by atoms with van der Waals surface area (Å²) in [6.07, 6.45) is 3.50. The first-order chi connectivity index (χ1) is 6.65. The van der Waals surface area contributed by atoms with Crippen molar-refractivity contribution in [2.24, 2.45) is 0 Å². The van der Waals surface area contributed by atoms with Gasteiger partial charge in [0.05, 0.1) is 12.1 Å². The second kappa shape index (κ2) is 5.20. The fraction of sp³-hybridized carbons (Fsp3) is 0.900. The summed E-state index contributed by atoms with van der Waals surface area (Å²) in [7, 11) is 1.75. The Labute approximate surface area is 85.3 Å². The molecule has 0 radical (unpaired) electrons. The number of hydrogen-bond acceptors (Lipinski definition) is 2. The van der Waals surface area contributed by atoms with E-state index in [1.165, 1.54) is 0 Å². The van der Waals surface area contributed by atoms with Crippen molar-refractivity contribution in [2.45, 2.75) is 44.8 Å². The molecule has 0 heterocycles. The minimum Gasteiger partial charge on any atom is -0.391 e. The van der Waals surface area contributed by atoms with Crippen LogP contribution in [0.3, 0.4) is 0 Å². The Morgan fingerprint density at radius 3 is 2.71 bits per heavy atom. The third kappa shape index (κ3) is 2.87. The number of aliphatic hydroxyl groups is 1. The van der Waals surface area contributed by atoms with Crippen LogP contribution in [0.5, 0.6) is 0 Å². The van der Waals surface area contributed by atoms with Crippen LogP contribution in [0, 0.1) is 0 Å². The van der Waals surface area contributed by atoms with Crippen molar-refractivity contribution in [3.63, 3.8) is 0 Å². The zero-order chi connectivity index (χ0) is 10.6. The highest BCUT2D eigenvalue weighted by Gasteiger charge is 2.24. The Hall–Kier alpha value is -0.770. The number of amides is 2. The van der Waals surface area contributed by atoms with E-state index in [4.69, 9.17) is 0 Å². The summed E-state index contributed by atoms with van der Waals surface area (Å²) in [4.78, 5) is 13.1. The van der Waals surface area contributed by atoms with Gasteiger partial charge in [0.2, 0.25) is 0 Å². The molecule has 2 N–H and O–H groups in total. The van der Waals surface area contributed by atoms with Gasteiger partial charge in [-0.1, -0.05) is 12.8 Å². The molecule has 82 valence electrons. The van der Waals surface area contributed by atoms with Crippen LogP contribution in [-0.2, 0) is 0 Å². The molecule has 2 atom stereocenters. The average Bonchev–Trinajstić information content (AvgIpc) is 2.20. The van der Waals surface area contributed by atoms with Gasteiger partial charge in [-0.3, -0.25) is 0 Å². The van der Waals surface area contributed by atoms with Crippen molar-refractivity contribution in [2.75, 3.05) is 13.6 Å². The maximum atomic E-state index is 11.5. The highest BCUT2D eigenvalue weighted by atomic mass is 16.3. The van der Waals surface area contributed by atoms with Crippen molar-refractivity contribution >= 4 is 6.03 Å². The second-order valence-electron chi connectivity index (χ2n) is 3.92. The van der Waals surface area contributed by atoms with E-state index in [0.29, 0.717) is 6.54 Å². The van der Waals surface area contributed by atoms with Gasteiger partial charge in [-0.25, -0.2) is 4.79 Å². The van der Waals surface area contributed by atoms with E-state index in [9.17, 15) is 9.90 Å². The van der Waals surface area contributed by atoms with Gasteiger partial charge in [0.1, 0.15) is 0 Å². The lowest BCUT2D eigenvalue weighted by atomic mass is 9.93. The van der Waals surface area contributed by atoms with E-state index in [2.05, 4.69) is 5.32 Å². The molecule has 0 aliphatic heterocycles. The van der Waals surface area contributed by atoms with E-state index < -0.39 is 0 Å². The quantitative estimate of drug-likeness (QED) is 0.697. The summed E-state index contributed by atoms with van der Waals surface area (Å²) >= 11 is 0. The van der Waals surface area contributed by atoms with Crippen molar-refractivity contribution in [1.82, 2.24) is 10.2 Å². The first-order valence-electron chi connectivity index (χ1n) is 5.34. The van der Waals surface area contributed by atoms with Gasteiger partial charge in [0, 0.05) is 13.6 Å². The minimum absolute atomic E-state index is 0.0507. The molecule has 0 aromatic carbocycles. The molecule has 1 aliphatic rings. The summed E-state index contributed by atoms with van der Waals surface area (Å²) in [5.41, 5.74) is 0. The van der Waals surface area contributed by atoms with Gasteiger partial charge in [-0.15, -0.1) is 0 Å². The molecule has 0 aromatic heterocycles. The molecule has 0 unspecified atom stereocenters. The van der Waals surface area contributed by atoms with Gasteiger partial charge >= 0.3 is 6.03 Å². The van der Waals surface area contributed by atoms with Crippen molar-refractivity contribution < 1.29 is 9.90 Å². The zero-order valence-electron chi connectivity index (χ0n) is 8.99. The number of carbonyl (C=O) groups is 1. The average molecular weight is 200 g/mol. The van der Waals surface area contributed by atoms with E-state index in [0.717, 1.165) is 25.7 Å². The number of rotatable bonds is 2. The van der Waals surface area contributed by atoms with Crippen LogP contribution in [0.4, 0.5) is 4.79 Å². The van der Waals surface area contributed by atoms with Gasteiger partial charge < -0.3 is 15.3 Å². The van der Waals surface area contributed by atoms with E-state index >= 15 is 0 Å². The Kier molecular flexibility index (Phi) is 4.20. The van der Waals surface area contributed by atoms with Crippen LogP contribution < -0.4 is 5.32 Å². The Bertz CT molecular complexity index is 197. The molecule has 14 heavy (non-hydrogen) atoms. The fourth-order valence-corrected chi connectivity index (χ4v) is 1.69. The first kappa shape index (κ1) is 11.3. The number of carbonyl (C=O) groups excluding carboxylic acids is 1. The van der Waals surface area contributed by atoms with E-state index in [-0.39, 0.29) is 18.2 Å². The number of urea groups is 1. The number of hydrogen-bond donors (Lipinski definition) is 2. The molecular weight excluding hydrogens is 180 g/mol. The van der Waals surface area contributed by atoms with Crippen LogP contribution in [-0.4, -0.2) is 41.8 Å². The summed E-state index contributed by atoms with van der Waals surface area (Å²) in [5.74, 6) is 0. The van der Waals surface area contributed by atoms with Crippen LogP contribution in [0.25, 0.3) is 0 Å². The Morgan fingerprint density at radius 1 is 1.50 bits per heavy atom. The molecule has 4 heteroatoms. The van der Waals surface area contributed by atoms with Crippen molar-refractivity contribution in [3.8, 4) is 0 Å². The molecule has 0 spiro atoms. The minimum atomic E-state index is -0.363. The normalized spacial score (nSPS) is 27.1. The predicted molar refractivity (Wildman–Crippen MR) is 55.1 cm³/mol. The summed E-state index contributed by atoms with van der Waals surface area (Å²) in [6.45, 7) is 2.62. The molecule has 1 saturated carbocycles. The molecule has 0 aromatic rings. The van der Waals surface area contributed by atoms with Crippen LogP contribution in [0.15, 0.2) is 0 Å². The first-order valence-corrected chi connectivity index (χ1v) is 5.34. The van der Waals surface area contributed by atoms with Crippen LogP contribution >= 0.6 is 0 Å². The zero-order valence-corrected chi connectivity index (χ0v) is 8.99.